The predicted molar refractivity (Wildman–Crippen MR) is 72.3 cm³/mol. The first-order chi connectivity index (χ1) is 7.21. The van der Waals surface area contributed by atoms with Crippen LogP contribution in [-0.4, -0.2) is 25.1 Å². The van der Waals surface area contributed by atoms with Crippen LogP contribution in [0.4, 0.5) is 0 Å². The van der Waals surface area contributed by atoms with E-state index in [-0.39, 0.29) is 0 Å². The molecule has 0 aliphatic heterocycles. The molecule has 15 heavy (non-hydrogen) atoms. The molecular weight excluding hydrogens is 301 g/mol. The molecule has 0 saturated heterocycles. The van der Waals surface area contributed by atoms with Crippen molar-refractivity contribution in [3.63, 3.8) is 0 Å². The summed E-state index contributed by atoms with van der Waals surface area (Å²) in [7, 11) is 1.71. The lowest BCUT2D eigenvalue weighted by Crippen LogP contribution is -2.22. The van der Waals surface area contributed by atoms with Gasteiger partial charge in [0.05, 0.1) is 10.7 Å². The van der Waals surface area contributed by atoms with Crippen molar-refractivity contribution in [2.45, 2.75) is 20.4 Å². The molecule has 0 aromatic heterocycles. The molecule has 0 saturated carbocycles. The highest BCUT2D eigenvalue weighted by Gasteiger charge is 2.04. The van der Waals surface area contributed by atoms with Crippen LogP contribution in [-0.2, 0) is 6.54 Å². The largest absolute Gasteiger partial charge is 0.496 e. The van der Waals surface area contributed by atoms with Crippen molar-refractivity contribution in [1.29, 1.82) is 0 Å². The molecule has 3 heteroatoms. The van der Waals surface area contributed by atoms with Gasteiger partial charge < -0.3 is 4.74 Å². The van der Waals surface area contributed by atoms with Gasteiger partial charge in [0.15, 0.2) is 0 Å². The van der Waals surface area contributed by atoms with Crippen LogP contribution in [0.5, 0.6) is 5.75 Å². The lowest BCUT2D eigenvalue weighted by Gasteiger charge is -2.18. The van der Waals surface area contributed by atoms with E-state index in [2.05, 4.69) is 53.5 Å². The topological polar surface area (TPSA) is 12.5 Å². The fourth-order valence-electron chi connectivity index (χ4n) is 1.51. The molecule has 0 aliphatic carbocycles. The number of halogens is 1. The van der Waals surface area contributed by atoms with Crippen LogP contribution in [0.25, 0.3) is 0 Å². The highest BCUT2D eigenvalue weighted by atomic mass is 127. The van der Waals surface area contributed by atoms with E-state index in [1.165, 1.54) is 9.13 Å². The fourth-order valence-corrected chi connectivity index (χ4v) is 2.31. The maximum Gasteiger partial charge on any atom is 0.132 e. The normalized spacial score (nSPS) is 10.7. The summed E-state index contributed by atoms with van der Waals surface area (Å²) in [5.41, 5.74) is 1.35. The van der Waals surface area contributed by atoms with Gasteiger partial charge in [0.2, 0.25) is 0 Å². The Kier molecular flexibility index (Phi) is 5.39. The SMILES string of the molecule is CCN(CC)Cc1ccc(OC)c(I)c1. The van der Waals surface area contributed by atoms with Crippen molar-refractivity contribution in [2.24, 2.45) is 0 Å². The Bertz CT molecular complexity index is 310. The molecule has 1 rings (SSSR count). The zero-order valence-electron chi connectivity index (χ0n) is 9.59. The summed E-state index contributed by atoms with van der Waals surface area (Å²) in [6.45, 7) is 7.60. The van der Waals surface area contributed by atoms with Crippen LogP contribution in [0, 0.1) is 3.57 Å². The second-order valence-electron chi connectivity index (χ2n) is 3.43. The number of hydrogen-bond acceptors (Lipinski definition) is 2. The monoisotopic (exact) mass is 319 g/mol. The van der Waals surface area contributed by atoms with E-state index < -0.39 is 0 Å². The van der Waals surface area contributed by atoms with Gasteiger partial charge in [0, 0.05) is 6.54 Å². The van der Waals surface area contributed by atoms with Crippen molar-refractivity contribution < 1.29 is 4.74 Å². The van der Waals surface area contributed by atoms with Crippen LogP contribution in [0.2, 0.25) is 0 Å². The Morgan fingerprint density at radius 3 is 2.40 bits per heavy atom. The third-order valence-electron chi connectivity index (χ3n) is 2.52. The predicted octanol–water partition coefficient (Wildman–Crippen LogP) is 3.14. The maximum absolute atomic E-state index is 5.24. The molecule has 0 N–H and O–H groups in total. The summed E-state index contributed by atoms with van der Waals surface area (Å²) in [5.74, 6) is 0.957. The Morgan fingerprint density at radius 2 is 1.93 bits per heavy atom. The quantitative estimate of drug-likeness (QED) is 0.773. The second-order valence-corrected chi connectivity index (χ2v) is 4.59. The third kappa shape index (κ3) is 3.65. The number of benzene rings is 1. The molecule has 2 nitrogen and oxygen atoms in total. The first kappa shape index (κ1) is 12.8. The van der Waals surface area contributed by atoms with E-state index in [9.17, 15) is 0 Å². The summed E-state index contributed by atoms with van der Waals surface area (Å²) in [4.78, 5) is 2.40. The molecule has 0 radical (unpaired) electrons. The maximum atomic E-state index is 5.24. The number of ether oxygens (including phenoxy) is 1. The van der Waals surface area contributed by atoms with Crippen LogP contribution < -0.4 is 4.74 Å². The van der Waals surface area contributed by atoms with Crippen LogP contribution >= 0.6 is 22.6 Å². The molecular formula is C12H18INO. The van der Waals surface area contributed by atoms with Gasteiger partial charge in [-0.25, -0.2) is 0 Å². The molecule has 0 fully saturated rings. The van der Waals surface area contributed by atoms with Crippen LogP contribution in [0.1, 0.15) is 19.4 Å². The van der Waals surface area contributed by atoms with E-state index in [0.717, 1.165) is 25.4 Å². The molecule has 0 bridgehead atoms. The van der Waals surface area contributed by atoms with Gasteiger partial charge in [-0.3, -0.25) is 4.90 Å². The average molecular weight is 319 g/mol. The van der Waals surface area contributed by atoms with Gasteiger partial charge in [-0.2, -0.15) is 0 Å². The number of hydrogen-bond donors (Lipinski definition) is 0. The van der Waals surface area contributed by atoms with E-state index in [4.69, 9.17) is 4.74 Å². The van der Waals surface area contributed by atoms with E-state index >= 15 is 0 Å². The molecule has 0 unspecified atom stereocenters. The molecule has 1 aromatic carbocycles. The Balaban J connectivity index is 2.74. The highest BCUT2D eigenvalue weighted by Crippen LogP contribution is 2.22. The minimum atomic E-state index is 0.957. The number of methoxy groups -OCH3 is 1. The third-order valence-corrected chi connectivity index (χ3v) is 3.36. The molecule has 0 atom stereocenters. The lowest BCUT2D eigenvalue weighted by molar-refractivity contribution is 0.295. The lowest BCUT2D eigenvalue weighted by atomic mass is 10.2. The van der Waals surface area contributed by atoms with E-state index in [1.54, 1.807) is 7.11 Å². The van der Waals surface area contributed by atoms with Gasteiger partial charge >= 0.3 is 0 Å². The Labute approximate surface area is 106 Å². The molecule has 0 heterocycles. The van der Waals surface area contributed by atoms with Gasteiger partial charge in [-0.05, 0) is 53.4 Å². The number of rotatable bonds is 5. The van der Waals surface area contributed by atoms with Crippen molar-refractivity contribution in [3.05, 3.63) is 27.3 Å². The molecule has 0 aliphatic rings. The standard InChI is InChI=1S/C12H18INO/c1-4-14(5-2)9-10-6-7-12(15-3)11(13)8-10/h6-8H,4-5,9H2,1-3H3. The summed E-state index contributed by atoms with van der Waals surface area (Å²) < 4.78 is 6.42. The van der Waals surface area contributed by atoms with Crippen LogP contribution in [0.15, 0.2) is 18.2 Å². The average Bonchev–Trinajstić information content (AvgIpc) is 2.26. The molecule has 0 spiro atoms. The van der Waals surface area contributed by atoms with Crippen molar-refractivity contribution >= 4 is 22.6 Å². The highest BCUT2D eigenvalue weighted by molar-refractivity contribution is 14.1. The van der Waals surface area contributed by atoms with Gasteiger partial charge in [-0.15, -0.1) is 0 Å². The van der Waals surface area contributed by atoms with Crippen molar-refractivity contribution in [1.82, 2.24) is 4.90 Å². The number of nitrogens with zero attached hydrogens (tertiary/aromatic N) is 1. The van der Waals surface area contributed by atoms with Crippen LogP contribution in [0.3, 0.4) is 0 Å². The molecule has 84 valence electrons. The van der Waals surface area contributed by atoms with E-state index in [0.29, 0.717) is 0 Å². The van der Waals surface area contributed by atoms with Gasteiger partial charge in [-0.1, -0.05) is 19.9 Å². The Morgan fingerprint density at radius 1 is 1.27 bits per heavy atom. The zero-order chi connectivity index (χ0) is 11.3. The van der Waals surface area contributed by atoms with E-state index in [1.807, 2.05) is 6.07 Å². The molecule has 1 aromatic rings. The fraction of sp³-hybridized carbons (Fsp3) is 0.500. The van der Waals surface area contributed by atoms with Gasteiger partial charge in [0.25, 0.3) is 0 Å². The minimum Gasteiger partial charge on any atom is -0.496 e. The zero-order valence-corrected chi connectivity index (χ0v) is 11.7. The summed E-state index contributed by atoms with van der Waals surface area (Å²) in [5, 5.41) is 0. The minimum absolute atomic E-state index is 0.957. The summed E-state index contributed by atoms with van der Waals surface area (Å²) in [6, 6.07) is 6.37. The van der Waals surface area contributed by atoms with Crippen molar-refractivity contribution in [2.75, 3.05) is 20.2 Å². The molecule has 0 amide bonds. The van der Waals surface area contributed by atoms with Gasteiger partial charge in [0.1, 0.15) is 5.75 Å². The first-order valence-electron chi connectivity index (χ1n) is 5.26. The first-order valence-corrected chi connectivity index (χ1v) is 6.33. The summed E-state index contributed by atoms with van der Waals surface area (Å²) in [6.07, 6.45) is 0. The van der Waals surface area contributed by atoms with Crippen molar-refractivity contribution in [3.8, 4) is 5.75 Å². The Hall–Kier alpha value is -0.290. The smallest absolute Gasteiger partial charge is 0.132 e. The summed E-state index contributed by atoms with van der Waals surface area (Å²) >= 11 is 2.31. The second kappa shape index (κ2) is 6.33.